The average Bonchev–Trinajstić information content (AvgIpc) is 0.793. The molecule has 12 atom stereocenters. The van der Waals surface area contributed by atoms with Crippen LogP contribution >= 0.6 is 0 Å². The van der Waals surface area contributed by atoms with Crippen LogP contribution < -0.4 is 5.32 Å². The van der Waals surface area contributed by atoms with Gasteiger partial charge in [-0.05, 0) is 89.9 Å². The molecule has 2 aliphatic rings. The number of amides is 1. The highest BCUT2D eigenvalue weighted by Gasteiger charge is 2.51. The molecule has 14 heteroatoms. The lowest BCUT2D eigenvalue weighted by Crippen LogP contribution is -2.65. The Morgan fingerprint density at radius 2 is 0.714 bits per heavy atom. The molecule has 2 fully saturated rings. The number of unbranched alkanes of at least 4 members (excludes halogenated alkanes) is 37. The molecule has 0 aromatic carbocycles. The smallest absolute Gasteiger partial charge is 0.220 e. The minimum absolute atomic E-state index is 0.248. The van der Waals surface area contributed by atoms with E-state index >= 15 is 0 Å². The first-order valence-corrected chi connectivity index (χ1v) is 40.1. The van der Waals surface area contributed by atoms with Crippen LogP contribution in [-0.4, -0.2) is 140 Å². The van der Waals surface area contributed by atoms with E-state index in [4.69, 9.17) is 18.9 Å². The van der Waals surface area contributed by atoms with E-state index in [1.54, 1.807) is 6.08 Å². The highest BCUT2D eigenvalue weighted by Crippen LogP contribution is 2.30. The molecule has 2 rings (SSSR count). The molecule has 14 nitrogen and oxygen atoms in total. The summed E-state index contributed by atoms with van der Waals surface area (Å²) in [6.07, 6.45) is 80.2. The van der Waals surface area contributed by atoms with Gasteiger partial charge < -0.3 is 65.1 Å². The van der Waals surface area contributed by atoms with Crippen molar-refractivity contribution in [2.45, 2.75) is 396 Å². The van der Waals surface area contributed by atoms with Gasteiger partial charge in [-0.15, -0.1) is 0 Å². The number of hydrogen-bond donors (Lipinski definition) is 9. The van der Waals surface area contributed by atoms with Crippen molar-refractivity contribution < 1.29 is 64.6 Å². The molecule has 0 aromatic heterocycles. The zero-order valence-corrected chi connectivity index (χ0v) is 62.0. The number of aliphatic hydroxyl groups is 8. The summed E-state index contributed by atoms with van der Waals surface area (Å²) in [6.45, 7) is 2.70. The fraction of sp³-hybridized carbons (Fsp3) is 0.774. The second-order valence-corrected chi connectivity index (χ2v) is 27.8. The first kappa shape index (κ1) is 90.7. The Morgan fingerprint density at radius 3 is 1.12 bits per heavy atom. The highest BCUT2D eigenvalue weighted by atomic mass is 16.7. The summed E-state index contributed by atoms with van der Waals surface area (Å²) >= 11 is 0. The lowest BCUT2D eigenvalue weighted by molar-refractivity contribution is -0.359. The zero-order chi connectivity index (χ0) is 70.8. The van der Waals surface area contributed by atoms with E-state index in [1.807, 2.05) is 6.08 Å². The number of carbonyl (C=O) groups is 1. The van der Waals surface area contributed by atoms with Crippen molar-refractivity contribution in [2.75, 3.05) is 19.8 Å². The van der Waals surface area contributed by atoms with Gasteiger partial charge in [0.2, 0.25) is 5.91 Å². The highest BCUT2D eigenvalue weighted by molar-refractivity contribution is 5.76. The molecule has 0 radical (unpaired) electrons. The van der Waals surface area contributed by atoms with Crippen LogP contribution in [0.2, 0.25) is 0 Å². The summed E-state index contributed by atoms with van der Waals surface area (Å²) in [6, 6.07) is -0.938. The quantitative estimate of drug-likeness (QED) is 0.0204. The maximum absolute atomic E-state index is 13.4. The maximum atomic E-state index is 13.4. The zero-order valence-electron chi connectivity index (χ0n) is 62.0. The van der Waals surface area contributed by atoms with Crippen LogP contribution in [0.1, 0.15) is 322 Å². The molecular weight excluding hydrogens is 1230 g/mol. The van der Waals surface area contributed by atoms with Gasteiger partial charge in [0.15, 0.2) is 12.6 Å². The number of hydrogen-bond acceptors (Lipinski definition) is 13. The lowest BCUT2D eigenvalue weighted by Gasteiger charge is -2.46. The predicted molar refractivity (Wildman–Crippen MR) is 406 cm³/mol. The third-order valence-electron chi connectivity index (χ3n) is 18.9. The van der Waals surface area contributed by atoms with Crippen LogP contribution in [0, 0.1) is 0 Å². The van der Waals surface area contributed by atoms with Crippen molar-refractivity contribution in [1.29, 1.82) is 0 Å². The van der Waals surface area contributed by atoms with Crippen molar-refractivity contribution in [3.8, 4) is 0 Å². The molecule has 0 spiro atoms. The number of aliphatic hydroxyl groups excluding tert-OH is 8. The fourth-order valence-corrected chi connectivity index (χ4v) is 12.6. The van der Waals surface area contributed by atoms with E-state index in [9.17, 15) is 45.6 Å². The summed E-state index contributed by atoms with van der Waals surface area (Å²) < 4.78 is 22.9. The molecule has 12 unspecified atom stereocenters. The molecule has 0 bridgehead atoms. The Hall–Kier alpha value is -3.35. The molecule has 566 valence electrons. The third kappa shape index (κ3) is 49.3. The first-order valence-electron chi connectivity index (χ1n) is 40.1. The minimum atomic E-state index is -1.80. The average molecular weight is 1380 g/mol. The Kier molecular flexibility index (Phi) is 61.9. The van der Waals surface area contributed by atoms with Gasteiger partial charge in [-0.2, -0.15) is 0 Å². The minimum Gasteiger partial charge on any atom is -0.394 e. The van der Waals surface area contributed by atoms with Crippen LogP contribution in [0.4, 0.5) is 0 Å². The SMILES string of the molecule is CC/C=C\C/C=C\C/C=C\C/C=C\C/C=C\C/C=C\C/C=C\CCCCCCCCCCCCCCCCCCCC(=O)NC(COC1OC(CO)C(OC2OC(CO)C(O)C(O)C2O)C(O)C1O)C(O)/C=C/CC/C=C/CCCCCCCCCCCCCCCCCCCCC. The Bertz CT molecular complexity index is 2070. The van der Waals surface area contributed by atoms with E-state index in [0.29, 0.717) is 12.8 Å². The van der Waals surface area contributed by atoms with Crippen molar-refractivity contribution in [3.05, 3.63) is 109 Å². The molecule has 9 N–H and O–H groups in total. The van der Waals surface area contributed by atoms with Crippen molar-refractivity contribution >= 4 is 5.91 Å². The number of nitrogens with one attached hydrogen (secondary N) is 1. The molecule has 0 aromatic rings. The number of carbonyl (C=O) groups excluding carboxylic acids is 1. The molecule has 2 heterocycles. The number of rotatable bonds is 66. The largest absolute Gasteiger partial charge is 0.394 e. The number of allylic oxidation sites excluding steroid dienone is 17. The monoisotopic (exact) mass is 1380 g/mol. The summed E-state index contributed by atoms with van der Waals surface area (Å²) in [5.41, 5.74) is 0. The maximum Gasteiger partial charge on any atom is 0.220 e. The Labute approximate surface area is 597 Å². The van der Waals surface area contributed by atoms with E-state index in [-0.39, 0.29) is 18.9 Å². The molecule has 0 aliphatic carbocycles. The van der Waals surface area contributed by atoms with Crippen molar-refractivity contribution in [1.82, 2.24) is 5.32 Å². The second kappa shape index (κ2) is 66.9. The van der Waals surface area contributed by atoms with Gasteiger partial charge in [-0.3, -0.25) is 4.79 Å². The normalized spacial score (nSPS) is 22.6. The van der Waals surface area contributed by atoms with E-state index in [0.717, 1.165) is 77.0 Å². The molecule has 2 saturated heterocycles. The van der Waals surface area contributed by atoms with Crippen LogP contribution in [0.15, 0.2) is 109 Å². The van der Waals surface area contributed by atoms with Gasteiger partial charge in [0.1, 0.15) is 48.8 Å². The fourth-order valence-electron chi connectivity index (χ4n) is 12.6. The van der Waals surface area contributed by atoms with E-state index in [2.05, 4.69) is 116 Å². The van der Waals surface area contributed by atoms with Gasteiger partial charge in [0.25, 0.3) is 0 Å². The molecule has 1 amide bonds. The molecule has 0 saturated carbocycles. The van der Waals surface area contributed by atoms with Crippen LogP contribution in [0.25, 0.3) is 0 Å². The van der Waals surface area contributed by atoms with Crippen LogP contribution in [0.5, 0.6) is 0 Å². The molecular formula is C84H147NO13. The van der Waals surface area contributed by atoms with Crippen LogP contribution in [0.3, 0.4) is 0 Å². The van der Waals surface area contributed by atoms with Crippen molar-refractivity contribution in [3.63, 3.8) is 0 Å². The molecule has 98 heavy (non-hydrogen) atoms. The predicted octanol–water partition coefficient (Wildman–Crippen LogP) is 18.2. The van der Waals surface area contributed by atoms with Gasteiger partial charge >= 0.3 is 0 Å². The third-order valence-corrected chi connectivity index (χ3v) is 18.9. The number of ether oxygens (including phenoxy) is 4. The molecule has 2 aliphatic heterocycles. The van der Waals surface area contributed by atoms with Crippen LogP contribution in [-0.2, 0) is 23.7 Å². The van der Waals surface area contributed by atoms with Crippen molar-refractivity contribution in [2.24, 2.45) is 0 Å². The summed E-state index contributed by atoms with van der Waals surface area (Å²) in [4.78, 5) is 13.4. The van der Waals surface area contributed by atoms with Gasteiger partial charge in [-0.1, -0.05) is 335 Å². The standard InChI is InChI=1S/C84H147NO13/c1-3-5-7-9-11-13-15-17-19-21-23-25-27-29-30-31-32-33-34-35-36-37-38-39-40-41-42-44-46-48-50-52-54-56-58-60-62-64-66-68-76(89)85-72(71-95-83-81(94)79(92)82(75(70-87)97-83)98-84-80(93)78(91)77(90)74(69-86)96-84)73(88)67-65-63-61-59-57-55-53-51-49-47-45-43-28-26-24-22-20-18-16-14-12-10-8-6-4-2/h5,7,11,13,17,19,23,25,29-30,32-33,35-36,57,59,65,67,72-75,77-84,86-88,90-94H,3-4,6,8-10,12,14-16,18,20-22,24,26-28,31,34,37-56,58,60-64,66,68-71H2,1-2H3,(H,85,89)/b7-5-,13-11-,19-17-,25-23-,30-29-,33-32-,36-35-,59-57+,67-65+. The van der Waals surface area contributed by atoms with E-state index in [1.165, 1.54) is 212 Å². The Morgan fingerprint density at radius 1 is 0.378 bits per heavy atom. The first-order chi connectivity index (χ1) is 48.1. The topological polar surface area (TPSA) is 228 Å². The lowest BCUT2D eigenvalue weighted by atomic mass is 9.97. The summed E-state index contributed by atoms with van der Waals surface area (Å²) in [5.74, 6) is -0.248. The van der Waals surface area contributed by atoms with Gasteiger partial charge in [0.05, 0.1) is 32.0 Å². The second-order valence-electron chi connectivity index (χ2n) is 27.8. The van der Waals surface area contributed by atoms with Gasteiger partial charge in [0, 0.05) is 6.42 Å². The summed E-state index contributed by atoms with van der Waals surface area (Å²) in [7, 11) is 0. The van der Waals surface area contributed by atoms with Gasteiger partial charge in [-0.25, -0.2) is 0 Å². The Balaban J connectivity index is 1.61. The van der Waals surface area contributed by atoms with E-state index < -0.39 is 86.8 Å². The summed E-state index contributed by atoms with van der Waals surface area (Å²) in [5, 5.41) is 87.6.